The summed E-state index contributed by atoms with van der Waals surface area (Å²) >= 11 is 0. The lowest BCUT2D eigenvalue weighted by molar-refractivity contribution is 0.278. The number of pyridine rings is 1. The molecule has 0 bridgehead atoms. The molecule has 2 atom stereocenters. The minimum absolute atomic E-state index is 0.615. The molecule has 1 aromatic heterocycles. The number of nitrogens with one attached hydrogen (secondary N) is 1. The number of piperidine rings is 1. The fourth-order valence-corrected chi connectivity index (χ4v) is 3.07. The Bertz CT molecular complexity index is 513. The number of rotatable bonds is 1. The number of hydrogen-bond donors (Lipinski definition) is 1. The zero-order chi connectivity index (χ0) is 12.4. The average Bonchev–Trinajstić information content (AvgIpc) is 2.47. The van der Waals surface area contributed by atoms with E-state index in [1.54, 1.807) is 6.20 Å². The predicted molar refractivity (Wildman–Crippen MR) is 70.7 cm³/mol. The van der Waals surface area contributed by atoms with Gasteiger partial charge in [0.2, 0.25) is 0 Å². The van der Waals surface area contributed by atoms with Crippen molar-refractivity contribution in [3.63, 3.8) is 0 Å². The van der Waals surface area contributed by atoms with Crippen LogP contribution in [0.3, 0.4) is 0 Å². The zero-order valence-corrected chi connectivity index (χ0v) is 10.4. The summed E-state index contributed by atoms with van der Waals surface area (Å²) in [5, 5.41) is 12.5. The van der Waals surface area contributed by atoms with Crippen molar-refractivity contribution >= 4 is 5.57 Å². The normalized spacial score (nSPS) is 26.9. The van der Waals surface area contributed by atoms with Crippen LogP contribution in [0.2, 0.25) is 0 Å². The third-order valence-electron chi connectivity index (χ3n) is 4.07. The molecular weight excluding hydrogens is 222 g/mol. The van der Waals surface area contributed by atoms with Crippen molar-refractivity contribution in [1.29, 1.82) is 5.26 Å². The summed E-state index contributed by atoms with van der Waals surface area (Å²) in [7, 11) is 0. The summed E-state index contributed by atoms with van der Waals surface area (Å²) < 4.78 is 0. The fraction of sp³-hybridized carbons (Fsp3) is 0.467. The van der Waals surface area contributed by atoms with Gasteiger partial charge in [-0.1, -0.05) is 6.08 Å². The van der Waals surface area contributed by atoms with Gasteiger partial charge in [0.15, 0.2) is 0 Å². The number of allylic oxidation sites excluding steroid dienone is 1. The molecule has 2 aliphatic rings. The van der Waals surface area contributed by atoms with E-state index < -0.39 is 0 Å². The molecule has 3 heteroatoms. The molecule has 0 saturated carbocycles. The Balaban J connectivity index is 1.84. The first kappa shape index (κ1) is 11.4. The van der Waals surface area contributed by atoms with Crippen LogP contribution in [-0.4, -0.2) is 17.6 Å². The Morgan fingerprint density at radius 1 is 1.39 bits per heavy atom. The molecular formula is C15H17N3. The first-order valence-electron chi connectivity index (χ1n) is 6.65. The van der Waals surface area contributed by atoms with Crippen molar-refractivity contribution in [2.24, 2.45) is 5.92 Å². The highest BCUT2D eigenvalue weighted by Crippen LogP contribution is 2.34. The maximum absolute atomic E-state index is 8.93. The first-order chi connectivity index (χ1) is 8.86. The Morgan fingerprint density at radius 3 is 3.22 bits per heavy atom. The standard InChI is InChI=1S/C15H17N3/c16-8-11-6-14(10-17-9-11)13-4-3-12-2-1-5-18-15(12)7-13/h4,6,9-10,12,15,18H,1-3,5,7H2. The lowest BCUT2D eigenvalue weighted by Crippen LogP contribution is -2.42. The number of hydrogen-bond acceptors (Lipinski definition) is 3. The van der Waals surface area contributed by atoms with Crippen molar-refractivity contribution in [2.45, 2.75) is 31.7 Å². The second-order valence-electron chi connectivity index (χ2n) is 5.21. The second kappa shape index (κ2) is 4.91. The van der Waals surface area contributed by atoms with Crippen LogP contribution in [0, 0.1) is 17.2 Å². The SMILES string of the molecule is N#Cc1cncc(C2=CCC3CCCNC3C2)c1. The summed E-state index contributed by atoms with van der Waals surface area (Å²) in [6.45, 7) is 1.14. The molecule has 2 heterocycles. The topological polar surface area (TPSA) is 48.7 Å². The third kappa shape index (κ3) is 2.16. The van der Waals surface area contributed by atoms with E-state index in [4.69, 9.17) is 5.26 Å². The second-order valence-corrected chi connectivity index (χ2v) is 5.21. The summed E-state index contributed by atoms with van der Waals surface area (Å²) in [5.41, 5.74) is 3.10. The van der Waals surface area contributed by atoms with Gasteiger partial charge in [-0.3, -0.25) is 4.98 Å². The molecule has 1 aliphatic carbocycles. The fourth-order valence-electron chi connectivity index (χ4n) is 3.07. The van der Waals surface area contributed by atoms with Crippen molar-refractivity contribution in [3.05, 3.63) is 35.7 Å². The molecule has 0 spiro atoms. The molecule has 0 radical (unpaired) electrons. The molecule has 3 nitrogen and oxygen atoms in total. The van der Waals surface area contributed by atoms with E-state index in [2.05, 4.69) is 22.4 Å². The quantitative estimate of drug-likeness (QED) is 0.819. The maximum atomic E-state index is 8.93. The van der Waals surface area contributed by atoms with Crippen LogP contribution in [0.15, 0.2) is 24.5 Å². The molecule has 92 valence electrons. The average molecular weight is 239 g/mol. The van der Waals surface area contributed by atoms with E-state index >= 15 is 0 Å². The summed E-state index contributed by atoms with van der Waals surface area (Å²) in [4.78, 5) is 4.15. The highest BCUT2D eigenvalue weighted by atomic mass is 14.9. The molecule has 1 aromatic rings. The van der Waals surface area contributed by atoms with Crippen molar-refractivity contribution in [1.82, 2.24) is 10.3 Å². The minimum Gasteiger partial charge on any atom is -0.313 e. The highest BCUT2D eigenvalue weighted by molar-refractivity contribution is 5.67. The van der Waals surface area contributed by atoms with Gasteiger partial charge in [-0.05, 0) is 55.3 Å². The van der Waals surface area contributed by atoms with Gasteiger partial charge in [0.1, 0.15) is 6.07 Å². The first-order valence-corrected chi connectivity index (χ1v) is 6.65. The largest absolute Gasteiger partial charge is 0.313 e. The van der Waals surface area contributed by atoms with Crippen molar-refractivity contribution in [3.8, 4) is 6.07 Å². The third-order valence-corrected chi connectivity index (χ3v) is 4.07. The minimum atomic E-state index is 0.615. The number of nitriles is 1. The van der Waals surface area contributed by atoms with Crippen molar-refractivity contribution in [2.75, 3.05) is 6.54 Å². The molecule has 18 heavy (non-hydrogen) atoms. The van der Waals surface area contributed by atoms with Gasteiger partial charge >= 0.3 is 0 Å². The highest BCUT2D eigenvalue weighted by Gasteiger charge is 2.28. The summed E-state index contributed by atoms with van der Waals surface area (Å²) in [5.74, 6) is 0.801. The van der Waals surface area contributed by atoms with Crippen LogP contribution in [0.25, 0.3) is 5.57 Å². The van der Waals surface area contributed by atoms with Gasteiger partial charge in [-0.15, -0.1) is 0 Å². The van der Waals surface area contributed by atoms with E-state index in [9.17, 15) is 0 Å². The van der Waals surface area contributed by atoms with E-state index in [1.165, 1.54) is 18.4 Å². The van der Waals surface area contributed by atoms with E-state index in [1.807, 2.05) is 12.3 Å². The van der Waals surface area contributed by atoms with Gasteiger partial charge in [-0.2, -0.15) is 5.26 Å². The van der Waals surface area contributed by atoms with Crippen LogP contribution in [-0.2, 0) is 0 Å². The Labute approximate surface area is 108 Å². The lowest BCUT2D eigenvalue weighted by Gasteiger charge is -2.36. The van der Waals surface area contributed by atoms with Crippen LogP contribution in [0.5, 0.6) is 0 Å². The maximum Gasteiger partial charge on any atom is 0.101 e. The van der Waals surface area contributed by atoms with Gasteiger partial charge in [0.05, 0.1) is 5.56 Å². The van der Waals surface area contributed by atoms with Gasteiger partial charge < -0.3 is 5.32 Å². The zero-order valence-electron chi connectivity index (χ0n) is 10.4. The summed E-state index contributed by atoms with van der Waals surface area (Å²) in [6.07, 6.45) is 10.7. The van der Waals surface area contributed by atoms with Crippen LogP contribution >= 0.6 is 0 Å². The number of aromatic nitrogens is 1. The van der Waals surface area contributed by atoms with Crippen LogP contribution in [0.4, 0.5) is 0 Å². The van der Waals surface area contributed by atoms with Crippen LogP contribution < -0.4 is 5.32 Å². The van der Waals surface area contributed by atoms with Gasteiger partial charge in [0.25, 0.3) is 0 Å². The number of nitrogens with zero attached hydrogens (tertiary/aromatic N) is 2. The molecule has 3 rings (SSSR count). The molecule has 1 aliphatic heterocycles. The van der Waals surface area contributed by atoms with E-state index in [0.717, 1.165) is 30.9 Å². The van der Waals surface area contributed by atoms with E-state index in [-0.39, 0.29) is 0 Å². The lowest BCUT2D eigenvalue weighted by atomic mass is 9.78. The van der Waals surface area contributed by atoms with Gasteiger partial charge in [-0.25, -0.2) is 0 Å². The molecule has 2 unspecified atom stereocenters. The molecule has 0 aromatic carbocycles. The number of fused-ring (bicyclic) bond motifs is 1. The predicted octanol–water partition coefficient (Wildman–Crippen LogP) is 2.50. The molecule has 1 N–H and O–H groups in total. The van der Waals surface area contributed by atoms with Crippen LogP contribution in [0.1, 0.15) is 36.8 Å². The monoisotopic (exact) mass is 239 g/mol. The Hall–Kier alpha value is -1.66. The molecule has 0 amide bonds. The van der Waals surface area contributed by atoms with Crippen molar-refractivity contribution < 1.29 is 0 Å². The summed E-state index contributed by atoms with van der Waals surface area (Å²) in [6, 6.07) is 4.72. The molecule has 1 fully saturated rings. The smallest absolute Gasteiger partial charge is 0.101 e. The Kier molecular flexibility index (Phi) is 3.12. The van der Waals surface area contributed by atoms with E-state index in [0.29, 0.717) is 11.6 Å². The Morgan fingerprint density at radius 2 is 2.33 bits per heavy atom. The molecule has 1 saturated heterocycles. The van der Waals surface area contributed by atoms with Gasteiger partial charge in [0, 0.05) is 18.4 Å².